The van der Waals surface area contributed by atoms with Gasteiger partial charge in [0.15, 0.2) is 11.0 Å². The van der Waals surface area contributed by atoms with Crippen LogP contribution in [0.2, 0.25) is 0 Å². The number of hydrogen-bond acceptors (Lipinski definition) is 6. The molecule has 1 aliphatic heterocycles. The Balaban J connectivity index is 1.52. The molecule has 2 heterocycles. The standard InChI is InChI=1S/C26H31BrN4O3S/c1-4-33-22-11-7-21(8-12-22)31-24(16-34-23-9-5-20(27)6-10-23)28-29-26(31)35-17-25(32)30-14-18(2)13-19(3)15-30/h5-12,18-19H,4,13-17H2,1-3H3/t18-,19-/m0/s1. The molecule has 1 amide bonds. The van der Waals surface area contributed by atoms with E-state index in [-0.39, 0.29) is 12.5 Å². The van der Waals surface area contributed by atoms with Gasteiger partial charge in [0.2, 0.25) is 5.91 Å². The molecule has 186 valence electrons. The monoisotopic (exact) mass is 558 g/mol. The van der Waals surface area contributed by atoms with Crippen LogP contribution in [0, 0.1) is 11.8 Å². The molecule has 2 atom stereocenters. The second-order valence-corrected chi connectivity index (χ2v) is 10.8. The first kappa shape index (κ1) is 25.6. The molecular weight excluding hydrogens is 528 g/mol. The predicted molar refractivity (Wildman–Crippen MR) is 141 cm³/mol. The van der Waals surface area contributed by atoms with E-state index < -0.39 is 0 Å². The van der Waals surface area contributed by atoms with Crippen LogP contribution in [0.15, 0.2) is 58.2 Å². The van der Waals surface area contributed by atoms with E-state index >= 15 is 0 Å². The van der Waals surface area contributed by atoms with Crippen molar-refractivity contribution in [3.05, 3.63) is 58.8 Å². The van der Waals surface area contributed by atoms with Crippen LogP contribution in [0.1, 0.15) is 33.0 Å². The number of likely N-dealkylation sites (tertiary alicyclic amines) is 1. The number of carbonyl (C=O) groups excluding carboxylic acids is 1. The van der Waals surface area contributed by atoms with Crippen molar-refractivity contribution >= 4 is 33.6 Å². The minimum atomic E-state index is 0.141. The first-order valence-corrected chi connectivity index (χ1v) is 13.7. The van der Waals surface area contributed by atoms with Gasteiger partial charge in [-0.05, 0) is 73.7 Å². The molecule has 9 heteroatoms. The summed E-state index contributed by atoms with van der Waals surface area (Å²) < 4.78 is 14.5. The third-order valence-electron chi connectivity index (χ3n) is 5.83. The van der Waals surface area contributed by atoms with Crippen molar-refractivity contribution in [3.63, 3.8) is 0 Å². The minimum absolute atomic E-state index is 0.141. The molecule has 3 aromatic rings. The van der Waals surface area contributed by atoms with Gasteiger partial charge in [0, 0.05) is 23.2 Å². The Morgan fingerprint density at radius 2 is 1.63 bits per heavy atom. The second kappa shape index (κ2) is 11.9. The minimum Gasteiger partial charge on any atom is -0.494 e. The van der Waals surface area contributed by atoms with Crippen molar-refractivity contribution in [1.29, 1.82) is 0 Å². The molecule has 0 saturated carbocycles. The largest absolute Gasteiger partial charge is 0.494 e. The van der Waals surface area contributed by atoms with Crippen LogP contribution in [0.4, 0.5) is 0 Å². The van der Waals surface area contributed by atoms with Gasteiger partial charge in [-0.15, -0.1) is 10.2 Å². The van der Waals surface area contributed by atoms with Crippen LogP contribution < -0.4 is 9.47 Å². The molecule has 1 fully saturated rings. The van der Waals surface area contributed by atoms with Crippen molar-refractivity contribution in [2.24, 2.45) is 11.8 Å². The number of halogens is 1. The van der Waals surface area contributed by atoms with Gasteiger partial charge in [0.1, 0.15) is 18.1 Å². The second-order valence-electron chi connectivity index (χ2n) is 8.94. The molecule has 0 spiro atoms. The number of thioether (sulfide) groups is 1. The fourth-order valence-electron chi connectivity index (χ4n) is 4.37. The van der Waals surface area contributed by atoms with Crippen molar-refractivity contribution in [2.75, 3.05) is 25.4 Å². The molecule has 2 aromatic carbocycles. The van der Waals surface area contributed by atoms with Crippen LogP contribution in [-0.2, 0) is 11.4 Å². The van der Waals surface area contributed by atoms with Gasteiger partial charge in [0.05, 0.1) is 12.4 Å². The van der Waals surface area contributed by atoms with Crippen molar-refractivity contribution in [3.8, 4) is 17.2 Å². The van der Waals surface area contributed by atoms with Crippen molar-refractivity contribution in [2.45, 2.75) is 39.0 Å². The summed E-state index contributed by atoms with van der Waals surface area (Å²) in [7, 11) is 0. The highest BCUT2D eigenvalue weighted by atomic mass is 79.9. The van der Waals surface area contributed by atoms with Crippen LogP contribution in [0.3, 0.4) is 0 Å². The number of piperidine rings is 1. The number of amides is 1. The summed E-state index contributed by atoms with van der Waals surface area (Å²) >= 11 is 4.85. The first-order chi connectivity index (χ1) is 16.9. The zero-order valence-corrected chi connectivity index (χ0v) is 22.7. The van der Waals surface area contributed by atoms with Crippen molar-refractivity contribution < 1.29 is 14.3 Å². The maximum atomic E-state index is 13.0. The van der Waals surface area contributed by atoms with E-state index in [0.29, 0.717) is 35.2 Å². The predicted octanol–water partition coefficient (Wildman–Crippen LogP) is 5.60. The summed E-state index contributed by atoms with van der Waals surface area (Å²) in [6.45, 7) is 8.88. The lowest BCUT2D eigenvalue weighted by molar-refractivity contribution is -0.130. The highest BCUT2D eigenvalue weighted by Gasteiger charge is 2.26. The SMILES string of the molecule is CCOc1ccc(-n2c(COc3ccc(Br)cc3)nnc2SCC(=O)N2C[C@@H](C)C[C@H](C)C2)cc1. The molecule has 0 unspecified atom stereocenters. The molecule has 4 rings (SSSR count). The highest BCUT2D eigenvalue weighted by molar-refractivity contribution is 9.10. The Hall–Kier alpha value is -2.52. The number of hydrogen-bond donors (Lipinski definition) is 0. The van der Waals surface area contributed by atoms with E-state index in [1.54, 1.807) is 0 Å². The quantitative estimate of drug-likeness (QED) is 0.318. The Labute approximate surface area is 219 Å². The summed E-state index contributed by atoms with van der Waals surface area (Å²) in [6.07, 6.45) is 1.17. The molecule has 0 radical (unpaired) electrons. The Morgan fingerprint density at radius 3 is 2.29 bits per heavy atom. The Morgan fingerprint density at radius 1 is 1.00 bits per heavy atom. The average Bonchev–Trinajstić information content (AvgIpc) is 3.25. The normalized spacial score (nSPS) is 17.9. The maximum Gasteiger partial charge on any atom is 0.233 e. The number of aromatic nitrogens is 3. The molecule has 35 heavy (non-hydrogen) atoms. The van der Waals surface area contributed by atoms with E-state index in [4.69, 9.17) is 9.47 Å². The van der Waals surface area contributed by atoms with Crippen LogP contribution in [0.5, 0.6) is 11.5 Å². The van der Waals surface area contributed by atoms with E-state index in [2.05, 4.69) is 40.0 Å². The summed E-state index contributed by atoms with van der Waals surface area (Å²) in [6, 6.07) is 15.5. The molecule has 1 aromatic heterocycles. The number of nitrogens with zero attached hydrogens (tertiary/aromatic N) is 4. The van der Waals surface area contributed by atoms with Crippen LogP contribution in [0.25, 0.3) is 5.69 Å². The zero-order valence-electron chi connectivity index (χ0n) is 20.3. The number of rotatable bonds is 9. The van der Waals surface area contributed by atoms with Crippen LogP contribution in [-0.4, -0.2) is 51.0 Å². The van der Waals surface area contributed by atoms with E-state index in [1.807, 2.05) is 64.9 Å². The van der Waals surface area contributed by atoms with Gasteiger partial charge >= 0.3 is 0 Å². The first-order valence-electron chi connectivity index (χ1n) is 11.9. The Bertz CT molecular complexity index is 1110. The van der Waals surface area contributed by atoms with Gasteiger partial charge in [-0.25, -0.2) is 0 Å². The lowest BCUT2D eigenvalue weighted by Gasteiger charge is -2.34. The molecular formula is C26H31BrN4O3S. The molecule has 1 saturated heterocycles. The fraction of sp³-hybridized carbons (Fsp3) is 0.423. The number of benzene rings is 2. The van der Waals surface area contributed by atoms with Crippen LogP contribution >= 0.6 is 27.7 Å². The third kappa shape index (κ3) is 6.79. The molecule has 0 N–H and O–H groups in total. The molecule has 1 aliphatic rings. The summed E-state index contributed by atoms with van der Waals surface area (Å²) in [5, 5.41) is 9.47. The number of carbonyl (C=O) groups is 1. The smallest absolute Gasteiger partial charge is 0.233 e. The highest BCUT2D eigenvalue weighted by Crippen LogP contribution is 2.27. The lowest BCUT2D eigenvalue weighted by atomic mass is 9.92. The van der Waals surface area contributed by atoms with Gasteiger partial charge in [-0.1, -0.05) is 41.5 Å². The lowest BCUT2D eigenvalue weighted by Crippen LogP contribution is -2.43. The van der Waals surface area contributed by atoms with Gasteiger partial charge < -0.3 is 14.4 Å². The van der Waals surface area contributed by atoms with Gasteiger partial charge in [0.25, 0.3) is 0 Å². The average molecular weight is 560 g/mol. The maximum absolute atomic E-state index is 13.0. The van der Waals surface area contributed by atoms with Gasteiger partial charge in [-0.2, -0.15) is 0 Å². The topological polar surface area (TPSA) is 69.5 Å². The van der Waals surface area contributed by atoms with E-state index in [9.17, 15) is 4.79 Å². The van der Waals surface area contributed by atoms with Crippen molar-refractivity contribution in [1.82, 2.24) is 19.7 Å². The third-order valence-corrected chi connectivity index (χ3v) is 7.28. The summed E-state index contributed by atoms with van der Waals surface area (Å²) in [4.78, 5) is 15.0. The van der Waals surface area contributed by atoms with E-state index in [0.717, 1.165) is 34.7 Å². The molecule has 7 nitrogen and oxygen atoms in total. The van der Waals surface area contributed by atoms with Gasteiger partial charge in [-0.3, -0.25) is 9.36 Å². The fourth-order valence-corrected chi connectivity index (χ4v) is 5.51. The molecule has 0 bridgehead atoms. The summed E-state index contributed by atoms with van der Waals surface area (Å²) in [5.74, 6) is 3.73. The Kier molecular flexibility index (Phi) is 8.73. The summed E-state index contributed by atoms with van der Waals surface area (Å²) in [5.41, 5.74) is 0.892. The zero-order chi connectivity index (χ0) is 24.8. The van der Waals surface area contributed by atoms with E-state index in [1.165, 1.54) is 18.2 Å². The number of ether oxygens (including phenoxy) is 2. The molecule has 0 aliphatic carbocycles.